The monoisotopic (exact) mass is 304 g/mol. The highest BCUT2D eigenvalue weighted by Crippen LogP contribution is 2.22. The number of hydrogen-bond acceptors (Lipinski definition) is 3. The second kappa shape index (κ2) is 6.54. The predicted octanol–water partition coefficient (Wildman–Crippen LogP) is 3.10. The van der Waals surface area contributed by atoms with Crippen LogP contribution in [0.4, 0.5) is 10.1 Å². The number of nitrogens with zero attached hydrogens (tertiary/aromatic N) is 1. The Hall–Kier alpha value is -2.14. The predicted molar refractivity (Wildman–Crippen MR) is 87.4 cm³/mol. The molecule has 0 bridgehead atoms. The van der Waals surface area contributed by atoms with Crippen LogP contribution in [0.2, 0.25) is 0 Å². The lowest BCUT2D eigenvalue weighted by molar-refractivity contribution is 0.415. The molecule has 21 heavy (non-hydrogen) atoms. The molecule has 110 valence electrons. The van der Waals surface area contributed by atoms with Crippen molar-refractivity contribution in [3.05, 3.63) is 59.4 Å². The van der Waals surface area contributed by atoms with Gasteiger partial charge in [0.25, 0.3) is 0 Å². The summed E-state index contributed by atoms with van der Waals surface area (Å²) in [5, 5.41) is 0. The van der Waals surface area contributed by atoms with Crippen LogP contribution in [0.15, 0.2) is 42.5 Å². The van der Waals surface area contributed by atoms with Gasteiger partial charge in [-0.1, -0.05) is 24.4 Å². The van der Waals surface area contributed by atoms with Crippen LogP contribution in [-0.2, 0) is 6.54 Å². The van der Waals surface area contributed by atoms with Gasteiger partial charge < -0.3 is 15.4 Å². The van der Waals surface area contributed by atoms with Crippen LogP contribution in [0.5, 0.6) is 5.75 Å². The van der Waals surface area contributed by atoms with Crippen molar-refractivity contribution in [2.45, 2.75) is 6.54 Å². The highest BCUT2D eigenvalue weighted by Gasteiger charge is 2.10. The van der Waals surface area contributed by atoms with Crippen molar-refractivity contribution in [3.63, 3.8) is 0 Å². The first-order valence-corrected chi connectivity index (χ1v) is 6.85. The fourth-order valence-corrected chi connectivity index (χ4v) is 2.30. The molecule has 5 heteroatoms. The summed E-state index contributed by atoms with van der Waals surface area (Å²) in [5.74, 6) is 0.443. The molecule has 0 unspecified atom stereocenters. The Balaban J connectivity index is 2.26. The number of methoxy groups -OCH3 is 1. The Morgan fingerprint density at radius 3 is 2.71 bits per heavy atom. The molecular formula is C16H17FN2OS. The zero-order valence-electron chi connectivity index (χ0n) is 12.0. The van der Waals surface area contributed by atoms with E-state index in [4.69, 9.17) is 22.7 Å². The Morgan fingerprint density at radius 2 is 2.05 bits per heavy atom. The summed E-state index contributed by atoms with van der Waals surface area (Å²) in [6.45, 7) is 0.570. The van der Waals surface area contributed by atoms with E-state index in [1.807, 2.05) is 36.2 Å². The first-order chi connectivity index (χ1) is 10.0. The van der Waals surface area contributed by atoms with Gasteiger partial charge in [-0.2, -0.15) is 0 Å². The van der Waals surface area contributed by atoms with Crippen LogP contribution < -0.4 is 15.4 Å². The third-order valence-corrected chi connectivity index (χ3v) is 3.46. The standard InChI is InChI=1S/C16H17FN2OS/c1-19(13-4-3-5-14(9-13)20-2)10-11-6-7-12(17)8-15(11)16(18)21/h3-9H,10H2,1-2H3,(H2,18,21). The van der Waals surface area contributed by atoms with Crippen molar-refractivity contribution in [3.8, 4) is 5.75 Å². The number of ether oxygens (including phenoxy) is 1. The third-order valence-electron chi connectivity index (χ3n) is 3.24. The van der Waals surface area contributed by atoms with E-state index in [0.717, 1.165) is 17.0 Å². The highest BCUT2D eigenvalue weighted by atomic mass is 32.1. The van der Waals surface area contributed by atoms with Crippen molar-refractivity contribution >= 4 is 22.9 Å². The Labute approximate surface area is 129 Å². The molecule has 0 atom stereocenters. The first-order valence-electron chi connectivity index (χ1n) is 6.44. The van der Waals surface area contributed by atoms with E-state index in [-0.39, 0.29) is 10.8 Å². The fourth-order valence-electron chi connectivity index (χ4n) is 2.11. The molecule has 2 aromatic rings. The van der Waals surface area contributed by atoms with E-state index in [0.29, 0.717) is 12.1 Å². The Bertz CT molecular complexity index is 660. The molecule has 0 aliphatic carbocycles. The molecule has 0 amide bonds. The molecule has 2 rings (SSSR count). The van der Waals surface area contributed by atoms with E-state index in [9.17, 15) is 4.39 Å². The number of nitrogens with two attached hydrogens (primary N) is 1. The van der Waals surface area contributed by atoms with Crippen molar-refractivity contribution in [2.75, 3.05) is 19.1 Å². The molecule has 0 fully saturated rings. The molecule has 0 radical (unpaired) electrons. The number of thiocarbonyl (C=S) groups is 1. The van der Waals surface area contributed by atoms with Crippen LogP contribution in [0.25, 0.3) is 0 Å². The van der Waals surface area contributed by atoms with Crippen LogP contribution in [0.3, 0.4) is 0 Å². The van der Waals surface area contributed by atoms with Gasteiger partial charge >= 0.3 is 0 Å². The molecule has 0 saturated heterocycles. The molecule has 2 aromatic carbocycles. The largest absolute Gasteiger partial charge is 0.497 e. The van der Waals surface area contributed by atoms with Gasteiger partial charge in [-0.25, -0.2) is 4.39 Å². The number of anilines is 1. The van der Waals surface area contributed by atoms with Gasteiger partial charge in [0.15, 0.2) is 0 Å². The third kappa shape index (κ3) is 3.70. The zero-order chi connectivity index (χ0) is 15.4. The number of hydrogen-bond donors (Lipinski definition) is 1. The van der Waals surface area contributed by atoms with Crippen molar-refractivity contribution in [1.82, 2.24) is 0 Å². The average molecular weight is 304 g/mol. The van der Waals surface area contributed by atoms with Crippen LogP contribution >= 0.6 is 12.2 Å². The number of rotatable bonds is 5. The maximum atomic E-state index is 13.3. The van der Waals surface area contributed by atoms with Crippen LogP contribution in [0.1, 0.15) is 11.1 Å². The lowest BCUT2D eigenvalue weighted by Gasteiger charge is -2.21. The van der Waals surface area contributed by atoms with Crippen LogP contribution in [0, 0.1) is 5.82 Å². The van der Waals surface area contributed by atoms with E-state index in [1.165, 1.54) is 12.1 Å². The smallest absolute Gasteiger partial charge is 0.123 e. The molecule has 0 aliphatic heterocycles. The van der Waals surface area contributed by atoms with E-state index < -0.39 is 0 Å². The van der Waals surface area contributed by atoms with Gasteiger partial charge in [0.1, 0.15) is 16.6 Å². The number of benzene rings is 2. The minimum Gasteiger partial charge on any atom is -0.497 e. The zero-order valence-corrected chi connectivity index (χ0v) is 12.8. The summed E-state index contributed by atoms with van der Waals surface area (Å²) in [4.78, 5) is 2.22. The molecule has 0 heterocycles. The van der Waals surface area contributed by atoms with Gasteiger partial charge in [-0.3, -0.25) is 0 Å². The summed E-state index contributed by atoms with van der Waals surface area (Å²) in [6, 6.07) is 12.2. The summed E-state index contributed by atoms with van der Waals surface area (Å²) in [5.41, 5.74) is 8.12. The maximum absolute atomic E-state index is 13.3. The SMILES string of the molecule is COc1cccc(N(C)Cc2ccc(F)cc2C(N)=S)c1. The van der Waals surface area contributed by atoms with Gasteiger partial charge in [-0.05, 0) is 29.8 Å². The molecular weight excluding hydrogens is 287 g/mol. The molecule has 0 aromatic heterocycles. The minimum absolute atomic E-state index is 0.198. The molecule has 0 saturated carbocycles. The van der Waals surface area contributed by atoms with E-state index in [1.54, 1.807) is 13.2 Å². The van der Waals surface area contributed by atoms with Crippen LogP contribution in [-0.4, -0.2) is 19.1 Å². The summed E-state index contributed by atoms with van der Waals surface area (Å²) >= 11 is 4.99. The van der Waals surface area contributed by atoms with Gasteiger partial charge in [0.05, 0.1) is 7.11 Å². The van der Waals surface area contributed by atoms with Gasteiger partial charge in [0.2, 0.25) is 0 Å². The average Bonchev–Trinajstić information content (AvgIpc) is 2.48. The fraction of sp³-hybridized carbons (Fsp3) is 0.188. The quantitative estimate of drug-likeness (QED) is 0.862. The van der Waals surface area contributed by atoms with Gasteiger partial charge in [0, 0.05) is 30.9 Å². The number of halogens is 1. The van der Waals surface area contributed by atoms with Crippen molar-refractivity contribution in [2.24, 2.45) is 5.73 Å². The van der Waals surface area contributed by atoms with E-state index >= 15 is 0 Å². The second-order valence-electron chi connectivity index (χ2n) is 4.72. The van der Waals surface area contributed by atoms with Crippen molar-refractivity contribution < 1.29 is 9.13 Å². The molecule has 0 spiro atoms. The highest BCUT2D eigenvalue weighted by molar-refractivity contribution is 7.80. The molecule has 2 N–H and O–H groups in total. The van der Waals surface area contributed by atoms with Gasteiger partial charge in [-0.15, -0.1) is 0 Å². The lowest BCUT2D eigenvalue weighted by atomic mass is 10.1. The van der Waals surface area contributed by atoms with E-state index in [2.05, 4.69) is 0 Å². The lowest BCUT2D eigenvalue weighted by Crippen LogP contribution is -2.20. The normalized spacial score (nSPS) is 10.2. The Kier molecular flexibility index (Phi) is 4.75. The first kappa shape index (κ1) is 15.3. The summed E-state index contributed by atoms with van der Waals surface area (Å²) < 4.78 is 18.5. The minimum atomic E-state index is -0.342. The Morgan fingerprint density at radius 1 is 1.29 bits per heavy atom. The topological polar surface area (TPSA) is 38.5 Å². The molecule has 0 aliphatic rings. The maximum Gasteiger partial charge on any atom is 0.123 e. The second-order valence-corrected chi connectivity index (χ2v) is 5.16. The van der Waals surface area contributed by atoms with Crippen molar-refractivity contribution in [1.29, 1.82) is 0 Å². The summed E-state index contributed by atoms with van der Waals surface area (Å²) in [7, 11) is 3.57. The molecule has 3 nitrogen and oxygen atoms in total. The summed E-state index contributed by atoms with van der Waals surface area (Å²) in [6.07, 6.45) is 0.